The fraction of sp³-hybridized carbons (Fsp3) is 0.417. The summed E-state index contributed by atoms with van der Waals surface area (Å²) in [7, 11) is 0. The predicted molar refractivity (Wildman–Crippen MR) is 64.1 cm³/mol. The van der Waals surface area contributed by atoms with Crippen molar-refractivity contribution in [2.24, 2.45) is 11.7 Å². The van der Waals surface area contributed by atoms with Crippen molar-refractivity contribution in [1.82, 2.24) is 10.3 Å². The quantitative estimate of drug-likeness (QED) is 0.745. The number of primary amides is 1. The second-order valence-corrected chi connectivity index (χ2v) is 4.55. The van der Waals surface area contributed by atoms with Crippen LogP contribution in [0.25, 0.3) is 0 Å². The van der Waals surface area contributed by atoms with E-state index in [1.807, 2.05) is 0 Å². The van der Waals surface area contributed by atoms with Crippen LogP contribution < -0.4 is 11.1 Å². The zero-order chi connectivity index (χ0) is 13.3. The summed E-state index contributed by atoms with van der Waals surface area (Å²) in [5.74, 6) is -0.238. The van der Waals surface area contributed by atoms with Crippen molar-refractivity contribution in [3.8, 4) is 0 Å². The molecule has 0 aliphatic heterocycles. The average Bonchev–Trinajstić information content (AvgIpc) is 3.09. The van der Waals surface area contributed by atoms with Gasteiger partial charge in [-0.05, 0) is 37.3 Å². The molecular weight excluding hydrogens is 234 g/mol. The molecule has 0 spiro atoms. The highest BCUT2D eigenvalue weighted by Gasteiger charge is 2.35. The number of hydrogen-bond donors (Lipinski definition) is 3. The first-order chi connectivity index (χ1) is 8.49. The maximum Gasteiger partial charge on any atom is 0.405 e. The van der Waals surface area contributed by atoms with Crippen molar-refractivity contribution in [3.05, 3.63) is 29.1 Å². The Morgan fingerprint density at radius 3 is 2.67 bits per heavy atom. The number of nitrogens with zero attached hydrogens (tertiary/aromatic N) is 1. The number of pyridine rings is 1. The van der Waals surface area contributed by atoms with E-state index in [-0.39, 0.29) is 6.04 Å². The standard InChI is InChI=1S/C12H15N3O3/c1-6-4-8(11(13)16)5-14-9(6)10(7-2-3-7)15-12(17)18/h4-5,7,10,15H,2-3H2,1H3,(H2,13,16)(H,17,18). The van der Waals surface area contributed by atoms with E-state index in [1.165, 1.54) is 6.20 Å². The van der Waals surface area contributed by atoms with Gasteiger partial charge in [-0.15, -0.1) is 0 Å². The average molecular weight is 249 g/mol. The Hall–Kier alpha value is -2.11. The van der Waals surface area contributed by atoms with Gasteiger partial charge >= 0.3 is 6.09 Å². The Balaban J connectivity index is 2.30. The highest BCUT2D eigenvalue weighted by atomic mass is 16.4. The van der Waals surface area contributed by atoms with Gasteiger partial charge in [0.05, 0.1) is 17.3 Å². The summed E-state index contributed by atoms with van der Waals surface area (Å²) >= 11 is 0. The largest absolute Gasteiger partial charge is 0.465 e. The van der Waals surface area contributed by atoms with Crippen LogP contribution in [0.2, 0.25) is 0 Å². The Morgan fingerprint density at radius 1 is 1.56 bits per heavy atom. The maximum atomic E-state index is 11.0. The highest BCUT2D eigenvalue weighted by Crippen LogP contribution is 2.41. The lowest BCUT2D eigenvalue weighted by Gasteiger charge is -2.18. The van der Waals surface area contributed by atoms with Crippen LogP contribution in [0, 0.1) is 12.8 Å². The summed E-state index contributed by atoms with van der Waals surface area (Å²) in [4.78, 5) is 26.0. The molecule has 2 rings (SSSR count). The van der Waals surface area contributed by atoms with Crippen molar-refractivity contribution >= 4 is 12.0 Å². The summed E-state index contributed by atoms with van der Waals surface area (Å²) in [6.45, 7) is 1.80. The number of carboxylic acid groups (broad SMARTS) is 1. The third-order valence-corrected chi connectivity index (χ3v) is 3.07. The lowest BCUT2D eigenvalue weighted by atomic mass is 10.0. The van der Waals surface area contributed by atoms with Crippen LogP contribution in [-0.4, -0.2) is 22.1 Å². The Kier molecular flexibility index (Phi) is 3.18. The van der Waals surface area contributed by atoms with Crippen molar-refractivity contribution < 1.29 is 14.7 Å². The molecule has 1 atom stereocenters. The molecule has 0 aromatic carbocycles. The van der Waals surface area contributed by atoms with Crippen LogP contribution in [0.3, 0.4) is 0 Å². The summed E-state index contributed by atoms with van der Waals surface area (Å²) in [5, 5.41) is 11.3. The van der Waals surface area contributed by atoms with E-state index in [2.05, 4.69) is 10.3 Å². The van der Waals surface area contributed by atoms with Crippen molar-refractivity contribution in [2.45, 2.75) is 25.8 Å². The number of carbonyl (C=O) groups excluding carboxylic acids is 1. The minimum atomic E-state index is -1.06. The summed E-state index contributed by atoms with van der Waals surface area (Å²) in [6.07, 6.45) is 2.31. The normalized spacial score (nSPS) is 16.1. The van der Waals surface area contributed by atoms with Crippen LogP contribution in [-0.2, 0) is 0 Å². The van der Waals surface area contributed by atoms with E-state index in [1.54, 1.807) is 13.0 Å². The molecule has 4 N–H and O–H groups in total. The third-order valence-electron chi connectivity index (χ3n) is 3.07. The zero-order valence-corrected chi connectivity index (χ0v) is 10.0. The molecule has 1 saturated carbocycles. The molecule has 1 aliphatic carbocycles. The summed E-state index contributed by atoms with van der Waals surface area (Å²) in [6, 6.07) is 1.34. The monoisotopic (exact) mass is 249 g/mol. The van der Waals surface area contributed by atoms with Gasteiger partial charge in [0.15, 0.2) is 0 Å². The minimum absolute atomic E-state index is 0.298. The van der Waals surface area contributed by atoms with E-state index >= 15 is 0 Å². The number of aromatic nitrogens is 1. The van der Waals surface area contributed by atoms with Crippen LogP contribution in [0.1, 0.15) is 40.5 Å². The molecule has 2 amide bonds. The number of rotatable bonds is 4. The fourth-order valence-corrected chi connectivity index (χ4v) is 2.02. The fourth-order valence-electron chi connectivity index (χ4n) is 2.02. The smallest absolute Gasteiger partial charge is 0.405 e. The first-order valence-electron chi connectivity index (χ1n) is 5.75. The Labute approximate surface area is 104 Å². The number of nitrogens with one attached hydrogen (secondary N) is 1. The molecule has 0 bridgehead atoms. The highest BCUT2D eigenvalue weighted by molar-refractivity contribution is 5.92. The molecule has 0 radical (unpaired) electrons. The second kappa shape index (κ2) is 4.64. The summed E-state index contributed by atoms with van der Waals surface area (Å²) < 4.78 is 0. The molecule has 96 valence electrons. The summed E-state index contributed by atoms with van der Waals surface area (Å²) in [5.41, 5.74) is 6.95. The molecular formula is C12H15N3O3. The van der Waals surface area contributed by atoms with Crippen molar-refractivity contribution in [3.63, 3.8) is 0 Å². The van der Waals surface area contributed by atoms with Gasteiger partial charge in [-0.3, -0.25) is 9.78 Å². The number of hydrogen-bond acceptors (Lipinski definition) is 3. The second-order valence-electron chi connectivity index (χ2n) is 4.55. The van der Waals surface area contributed by atoms with Gasteiger partial charge in [-0.1, -0.05) is 0 Å². The van der Waals surface area contributed by atoms with Crippen molar-refractivity contribution in [1.29, 1.82) is 0 Å². The number of carbonyl (C=O) groups is 2. The Bertz CT molecular complexity index is 497. The molecule has 1 aromatic rings. The van der Waals surface area contributed by atoms with Gasteiger partial charge in [0.2, 0.25) is 5.91 Å². The van der Waals surface area contributed by atoms with E-state index in [9.17, 15) is 9.59 Å². The van der Waals surface area contributed by atoms with Crippen molar-refractivity contribution in [2.75, 3.05) is 0 Å². The first kappa shape index (κ1) is 12.3. The van der Waals surface area contributed by atoms with Gasteiger partial charge in [0, 0.05) is 6.20 Å². The molecule has 1 unspecified atom stereocenters. The van der Waals surface area contributed by atoms with E-state index < -0.39 is 12.0 Å². The van der Waals surface area contributed by atoms with Crippen LogP contribution in [0.15, 0.2) is 12.3 Å². The van der Waals surface area contributed by atoms with Gasteiger partial charge in [0.25, 0.3) is 0 Å². The van der Waals surface area contributed by atoms with Crippen LogP contribution in [0.5, 0.6) is 0 Å². The third kappa shape index (κ3) is 2.58. The Morgan fingerprint density at radius 2 is 2.22 bits per heavy atom. The molecule has 1 heterocycles. The molecule has 18 heavy (non-hydrogen) atoms. The van der Waals surface area contributed by atoms with Gasteiger partial charge < -0.3 is 16.2 Å². The molecule has 1 aromatic heterocycles. The van der Waals surface area contributed by atoms with E-state index in [4.69, 9.17) is 10.8 Å². The molecule has 0 saturated heterocycles. The van der Waals surface area contributed by atoms with Crippen LogP contribution >= 0.6 is 0 Å². The van der Waals surface area contributed by atoms with E-state index in [0.29, 0.717) is 17.2 Å². The molecule has 1 aliphatic rings. The number of nitrogens with two attached hydrogens (primary N) is 1. The number of aryl methyl sites for hydroxylation is 1. The molecule has 1 fully saturated rings. The molecule has 6 nitrogen and oxygen atoms in total. The predicted octanol–water partition coefficient (Wildman–Crippen LogP) is 1.21. The van der Waals surface area contributed by atoms with Gasteiger partial charge in [-0.25, -0.2) is 4.79 Å². The zero-order valence-electron chi connectivity index (χ0n) is 10.0. The lowest BCUT2D eigenvalue weighted by molar-refractivity contribution is 0.0999. The SMILES string of the molecule is Cc1cc(C(N)=O)cnc1C(NC(=O)O)C1CC1. The number of amides is 2. The molecule has 6 heteroatoms. The maximum absolute atomic E-state index is 11.0. The van der Waals surface area contributed by atoms with Gasteiger partial charge in [-0.2, -0.15) is 0 Å². The topological polar surface area (TPSA) is 105 Å². The van der Waals surface area contributed by atoms with Gasteiger partial charge in [0.1, 0.15) is 0 Å². The van der Waals surface area contributed by atoms with E-state index in [0.717, 1.165) is 18.4 Å². The van der Waals surface area contributed by atoms with Crippen LogP contribution in [0.4, 0.5) is 4.79 Å². The lowest BCUT2D eigenvalue weighted by Crippen LogP contribution is -2.29. The first-order valence-corrected chi connectivity index (χ1v) is 5.75. The minimum Gasteiger partial charge on any atom is -0.465 e.